The smallest absolute Gasteiger partial charge is 0.337 e. The Morgan fingerprint density at radius 1 is 1.44 bits per heavy atom. The molecule has 1 fully saturated rings. The zero-order valence-corrected chi connectivity index (χ0v) is 9.10. The molecule has 82 valence electrons. The van der Waals surface area contributed by atoms with Gasteiger partial charge in [0, 0.05) is 24.1 Å². The topological polar surface area (TPSA) is 42.2 Å². The summed E-state index contributed by atoms with van der Waals surface area (Å²) in [5.41, 5.74) is 2.67. The summed E-state index contributed by atoms with van der Waals surface area (Å²) in [5, 5.41) is 9.99. The number of aromatic carboxylic acids is 1. The number of hydrogen-bond acceptors (Lipinski definition) is 1. The van der Waals surface area contributed by atoms with Crippen LogP contribution >= 0.6 is 0 Å². The highest BCUT2D eigenvalue weighted by molar-refractivity contribution is 6.03. The second-order valence-corrected chi connectivity index (χ2v) is 4.51. The van der Waals surface area contributed by atoms with Gasteiger partial charge in [-0.25, -0.2) is 4.79 Å². The third kappa shape index (κ3) is 1.32. The number of carbonyl (C=O) groups is 1. The van der Waals surface area contributed by atoms with Crippen LogP contribution in [0.3, 0.4) is 0 Å². The zero-order chi connectivity index (χ0) is 11.3. The first-order valence-corrected chi connectivity index (χ1v) is 5.49. The largest absolute Gasteiger partial charge is 0.478 e. The molecule has 0 saturated heterocycles. The number of nitrogens with zero attached hydrogens (tertiary/aromatic N) is 1. The van der Waals surface area contributed by atoms with Crippen molar-refractivity contribution in [2.24, 2.45) is 7.05 Å². The molecule has 2 aromatic rings. The van der Waals surface area contributed by atoms with Crippen molar-refractivity contribution >= 4 is 16.9 Å². The molecule has 1 aliphatic carbocycles. The van der Waals surface area contributed by atoms with E-state index < -0.39 is 5.97 Å². The maximum atomic E-state index is 11.1. The molecule has 0 unspecified atom stereocenters. The van der Waals surface area contributed by atoms with Gasteiger partial charge in [0.05, 0.1) is 5.56 Å². The Balaban J connectivity index is 2.26. The molecular formula is C13H13NO2. The van der Waals surface area contributed by atoms with Gasteiger partial charge in [-0.15, -0.1) is 0 Å². The zero-order valence-electron chi connectivity index (χ0n) is 9.10. The number of fused-ring (bicyclic) bond motifs is 1. The summed E-state index contributed by atoms with van der Waals surface area (Å²) in [6, 6.07) is 6.18. The Kier molecular flexibility index (Phi) is 1.84. The second kappa shape index (κ2) is 3.11. The van der Waals surface area contributed by atoms with Crippen LogP contribution in [0.4, 0.5) is 0 Å². The maximum Gasteiger partial charge on any atom is 0.337 e. The van der Waals surface area contributed by atoms with Gasteiger partial charge in [-0.3, -0.25) is 0 Å². The first-order valence-electron chi connectivity index (χ1n) is 5.49. The predicted molar refractivity (Wildman–Crippen MR) is 61.9 cm³/mol. The van der Waals surface area contributed by atoms with Crippen LogP contribution in [0.1, 0.15) is 34.7 Å². The van der Waals surface area contributed by atoms with Crippen molar-refractivity contribution in [3.63, 3.8) is 0 Å². The molecule has 1 saturated carbocycles. The highest BCUT2D eigenvalue weighted by Gasteiger charge is 2.24. The molecule has 1 aliphatic rings. The molecule has 1 aromatic heterocycles. The lowest BCUT2D eigenvalue weighted by Gasteiger charge is -2.00. The molecule has 0 radical (unpaired) electrons. The van der Waals surface area contributed by atoms with Gasteiger partial charge in [0.2, 0.25) is 0 Å². The molecule has 0 bridgehead atoms. The van der Waals surface area contributed by atoms with Gasteiger partial charge in [-0.2, -0.15) is 0 Å². The summed E-state index contributed by atoms with van der Waals surface area (Å²) in [4.78, 5) is 11.1. The van der Waals surface area contributed by atoms with Crippen molar-refractivity contribution in [3.05, 3.63) is 35.5 Å². The Hall–Kier alpha value is -1.77. The highest BCUT2D eigenvalue weighted by atomic mass is 16.4. The standard InChI is InChI=1S/C13H13NO2/c1-14-7-11(13(15)16)10-6-9(8-2-3-8)4-5-12(10)14/h4-8H,2-3H2,1H3,(H,15,16). The molecule has 3 rings (SSSR count). The van der Waals surface area contributed by atoms with Gasteiger partial charge in [0.15, 0.2) is 0 Å². The van der Waals surface area contributed by atoms with Crippen LogP contribution in [-0.4, -0.2) is 15.6 Å². The van der Waals surface area contributed by atoms with Crippen LogP contribution in [0.15, 0.2) is 24.4 Å². The molecule has 16 heavy (non-hydrogen) atoms. The van der Waals surface area contributed by atoms with E-state index in [9.17, 15) is 4.79 Å². The number of carboxylic acids is 1. The summed E-state index contributed by atoms with van der Waals surface area (Å²) in [6.45, 7) is 0. The van der Waals surface area contributed by atoms with E-state index in [4.69, 9.17) is 5.11 Å². The number of carboxylic acid groups (broad SMARTS) is 1. The molecule has 3 nitrogen and oxygen atoms in total. The SMILES string of the molecule is Cn1cc(C(=O)O)c2cc(C3CC3)ccc21. The third-order valence-corrected chi connectivity index (χ3v) is 3.29. The predicted octanol–water partition coefficient (Wildman–Crippen LogP) is 2.75. The molecule has 0 spiro atoms. The van der Waals surface area contributed by atoms with Crippen molar-refractivity contribution in [2.45, 2.75) is 18.8 Å². The summed E-state index contributed by atoms with van der Waals surface area (Å²) in [6.07, 6.45) is 4.16. The summed E-state index contributed by atoms with van der Waals surface area (Å²) < 4.78 is 1.87. The van der Waals surface area contributed by atoms with Gasteiger partial charge in [0.25, 0.3) is 0 Å². The minimum atomic E-state index is -0.849. The first kappa shape index (κ1) is 9.46. The van der Waals surface area contributed by atoms with Gasteiger partial charge < -0.3 is 9.67 Å². The van der Waals surface area contributed by atoms with Crippen LogP contribution in [0.2, 0.25) is 0 Å². The summed E-state index contributed by atoms with van der Waals surface area (Å²) >= 11 is 0. The fraction of sp³-hybridized carbons (Fsp3) is 0.308. The Morgan fingerprint density at radius 3 is 2.81 bits per heavy atom. The quantitative estimate of drug-likeness (QED) is 0.836. The van der Waals surface area contributed by atoms with Crippen molar-refractivity contribution in [3.8, 4) is 0 Å². The molecule has 0 atom stereocenters. The van der Waals surface area contributed by atoms with E-state index in [0.29, 0.717) is 11.5 Å². The van der Waals surface area contributed by atoms with Gasteiger partial charge in [-0.05, 0) is 36.5 Å². The number of aromatic nitrogens is 1. The molecule has 1 aromatic carbocycles. The number of aryl methyl sites for hydroxylation is 1. The first-order chi connectivity index (χ1) is 7.66. The minimum Gasteiger partial charge on any atom is -0.478 e. The second-order valence-electron chi connectivity index (χ2n) is 4.51. The van der Waals surface area contributed by atoms with Crippen molar-refractivity contribution in [2.75, 3.05) is 0 Å². The summed E-state index contributed by atoms with van der Waals surface area (Å²) in [5.74, 6) is -0.190. The number of hydrogen-bond donors (Lipinski definition) is 1. The molecule has 3 heteroatoms. The van der Waals surface area contributed by atoms with Gasteiger partial charge in [-0.1, -0.05) is 6.07 Å². The van der Waals surface area contributed by atoms with E-state index in [1.54, 1.807) is 6.20 Å². The Morgan fingerprint density at radius 2 is 2.19 bits per heavy atom. The Bertz CT molecular complexity index is 579. The van der Waals surface area contributed by atoms with Crippen molar-refractivity contribution < 1.29 is 9.90 Å². The average molecular weight is 215 g/mol. The van der Waals surface area contributed by atoms with E-state index in [0.717, 1.165) is 10.9 Å². The van der Waals surface area contributed by atoms with E-state index in [-0.39, 0.29) is 0 Å². The highest BCUT2D eigenvalue weighted by Crippen LogP contribution is 2.41. The van der Waals surface area contributed by atoms with Gasteiger partial charge >= 0.3 is 5.97 Å². The molecule has 0 aliphatic heterocycles. The molecule has 1 N–H and O–H groups in total. The van der Waals surface area contributed by atoms with Crippen LogP contribution in [0, 0.1) is 0 Å². The van der Waals surface area contributed by atoms with E-state index in [1.165, 1.54) is 18.4 Å². The average Bonchev–Trinajstić information content (AvgIpc) is 3.04. The fourth-order valence-electron chi connectivity index (χ4n) is 2.25. The summed E-state index contributed by atoms with van der Waals surface area (Å²) in [7, 11) is 1.88. The lowest BCUT2D eigenvalue weighted by Crippen LogP contribution is -1.94. The molecule has 1 heterocycles. The van der Waals surface area contributed by atoms with Crippen LogP contribution in [0.5, 0.6) is 0 Å². The fourth-order valence-corrected chi connectivity index (χ4v) is 2.25. The third-order valence-electron chi connectivity index (χ3n) is 3.29. The monoisotopic (exact) mass is 215 g/mol. The molecular weight excluding hydrogens is 202 g/mol. The number of rotatable bonds is 2. The van der Waals surface area contributed by atoms with Crippen LogP contribution in [0.25, 0.3) is 10.9 Å². The van der Waals surface area contributed by atoms with Crippen LogP contribution in [-0.2, 0) is 7.05 Å². The number of benzene rings is 1. The maximum absolute atomic E-state index is 11.1. The lowest BCUT2D eigenvalue weighted by molar-refractivity contribution is 0.0699. The van der Waals surface area contributed by atoms with Crippen molar-refractivity contribution in [1.82, 2.24) is 4.57 Å². The van der Waals surface area contributed by atoms with Gasteiger partial charge in [0.1, 0.15) is 0 Å². The van der Waals surface area contributed by atoms with E-state index in [1.807, 2.05) is 23.7 Å². The van der Waals surface area contributed by atoms with E-state index >= 15 is 0 Å². The van der Waals surface area contributed by atoms with E-state index in [2.05, 4.69) is 6.07 Å². The van der Waals surface area contributed by atoms with Crippen LogP contribution < -0.4 is 0 Å². The lowest BCUT2D eigenvalue weighted by atomic mass is 10.1. The minimum absolute atomic E-state index is 0.403. The Labute approximate surface area is 93.3 Å². The molecule has 0 amide bonds. The normalized spacial score (nSPS) is 15.6. The van der Waals surface area contributed by atoms with Crippen molar-refractivity contribution in [1.29, 1.82) is 0 Å².